The van der Waals surface area contributed by atoms with E-state index >= 15 is 0 Å². The number of para-hydroxylation sites is 1. The van der Waals surface area contributed by atoms with Crippen LogP contribution in [0.3, 0.4) is 0 Å². The zero-order valence-corrected chi connectivity index (χ0v) is 23.8. The lowest BCUT2D eigenvalue weighted by molar-refractivity contribution is 0.252. The number of thioether (sulfide) groups is 1. The number of hydrogen-bond donors (Lipinski definition) is 2. The fourth-order valence-electron chi connectivity index (χ4n) is 4.30. The molecular formula is C31H36N4O3S. The number of unbranched alkanes of at least 4 members (excludes halogenated alkanes) is 1. The molecule has 0 aliphatic rings. The van der Waals surface area contributed by atoms with Gasteiger partial charge in [0.1, 0.15) is 11.5 Å². The highest BCUT2D eigenvalue weighted by Crippen LogP contribution is 2.37. The Morgan fingerprint density at radius 1 is 0.897 bits per heavy atom. The molecule has 39 heavy (non-hydrogen) atoms. The third-order valence-electron chi connectivity index (χ3n) is 6.46. The Kier molecular flexibility index (Phi) is 9.91. The number of anilines is 1. The smallest absolute Gasteiger partial charge is 0.319 e. The minimum Gasteiger partial charge on any atom is -0.497 e. The summed E-state index contributed by atoms with van der Waals surface area (Å²) in [7, 11) is 3.35. The number of nitrogens with one attached hydrogen (secondary N) is 2. The first-order valence-electron chi connectivity index (χ1n) is 13.2. The topological polar surface area (TPSA) is 77.4 Å². The van der Waals surface area contributed by atoms with Crippen LogP contribution in [0.2, 0.25) is 0 Å². The number of carbonyl (C=O) groups is 1. The number of nitrogens with zero attached hydrogens (tertiary/aromatic N) is 2. The quantitative estimate of drug-likeness (QED) is 0.145. The van der Waals surface area contributed by atoms with Gasteiger partial charge in [0.05, 0.1) is 25.6 Å². The van der Waals surface area contributed by atoms with Crippen LogP contribution in [0, 0.1) is 6.92 Å². The molecule has 3 aromatic carbocycles. The fourth-order valence-corrected chi connectivity index (χ4v) is 5.36. The van der Waals surface area contributed by atoms with Gasteiger partial charge in [-0.1, -0.05) is 30.0 Å². The van der Waals surface area contributed by atoms with Gasteiger partial charge in [0.2, 0.25) is 0 Å². The standard InChI is InChI=1S/C31H36N4O3S/c1-5-35-29(24-14-18-26(38-4)19-15-24)28(23-12-16-25(37-3)17-13-23)34-31(35)39-21-9-8-20-32-30(36)33-27-11-7-6-10-22(27)2/h6-7,10-19H,5,8-9,20-21H2,1-4H3,(H2,32,33,36). The van der Waals surface area contributed by atoms with Crippen LogP contribution in [-0.4, -0.2) is 42.1 Å². The molecule has 4 aromatic rings. The van der Waals surface area contributed by atoms with E-state index in [2.05, 4.69) is 46.4 Å². The minimum atomic E-state index is -0.174. The van der Waals surface area contributed by atoms with Crippen LogP contribution in [0.15, 0.2) is 78.0 Å². The monoisotopic (exact) mass is 544 g/mol. The number of imidazole rings is 1. The number of benzene rings is 3. The molecule has 2 amide bonds. The predicted molar refractivity (Wildman–Crippen MR) is 160 cm³/mol. The van der Waals surface area contributed by atoms with Crippen molar-refractivity contribution in [1.82, 2.24) is 14.9 Å². The average molecular weight is 545 g/mol. The number of aromatic nitrogens is 2. The van der Waals surface area contributed by atoms with E-state index in [1.165, 1.54) is 0 Å². The van der Waals surface area contributed by atoms with Crippen LogP contribution in [-0.2, 0) is 6.54 Å². The van der Waals surface area contributed by atoms with Gasteiger partial charge in [-0.05, 0) is 86.8 Å². The van der Waals surface area contributed by atoms with Crippen LogP contribution in [0.4, 0.5) is 10.5 Å². The Morgan fingerprint density at radius 2 is 1.54 bits per heavy atom. The number of aryl methyl sites for hydroxylation is 1. The average Bonchev–Trinajstić information content (AvgIpc) is 3.34. The fraction of sp³-hybridized carbons (Fsp3) is 0.290. The van der Waals surface area contributed by atoms with Crippen LogP contribution in [0.5, 0.6) is 11.5 Å². The highest BCUT2D eigenvalue weighted by Gasteiger charge is 2.20. The van der Waals surface area contributed by atoms with Gasteiger partial charge in [-0.15, -0.1) is 0 Å². The van der Waals surface area contributed by atoms with E-state index in [0.717, 1.165) is 75.6 Å². The lowest BCUT2D eigenvalue weighted by atomic mass is 10.0. The summed E-state index contributed by atoms with van der Waals surface area (Å²) >= 11 is 1.75. The van der Waals surface area contributed by atoms with Gasteiger partial charge in [0, 0.05) is 35.7 Å². The second-order valence-electron chi connectivity index (χ2n) is 9.04. The van der Waals surface area contributed by atoms with Crippen molar-refractivity contribution in [3.63, 3.8) is 0 Å². The second kappa shape index (κ2) is 13.8. The van der Waals surface area contributed by atoms with Gasteiger partial charge in [-0.2, -0.15) is 0 Å². The van der Waals surface area contributed by atoms with Crippen molar-refractivity contribution in [3.8, 4) is 34.0 Å². The zero-order valence-electron chi connectivity index (χ0n) is 23.0. The van der Waals surface area contributed by atoms with Crippen molar-refractivity contribution in [2.45, 2.75) is 38.4 Å². The van der Waals surface area contributed by atoms with Gasteiger partial charge in [-0.3, -0.25) is 0 Å². The number of amides is 2. The molecule has 2 N–H and O–H groups in total. The summed E-state index contributed by atoms with van der Waals surface area (Å²) < 4.78 is 13.0. The minimum absolute atomic E-state index is 0.174. The summed E-state index contributed by atoms with van der Waals surface area (Å²) in [6, 6.07) is 23.7. The van der Waals surface area contributed by atoms with Crippen molar-refractivity contribution >= 4 is 23.5 Å². The molecular weight excluding hydrogens is 508 g/mol. The molecule has 1 aromatic heterocycles. The molecule has 0 saturated carbocycles. The highest BCUT2D eigenvalue weighted by molar-refractivity contribution is 7.99. The van der Waals surface area contributed by atoms with Crippen molar-refractivity contribution < 1.29 is 14.3 Å². The lowest BCUT2D eigenvalue weighted by Crippen LogP contribution is -2.29. The van der Waals surface area contributed by atoms with E-state index in [0.29, 0.717) is 6.54 Å². The number of methoxy groups -OCH3 is 2. The normalized spacial score (nSPS) is 10.8. The van der Waals surface area contributed by atoms with Crippen molar-refractivity contribution in [2.75, 3.05) is 31.8 Å². The molecule has 0 aliphatic heterocycles. The van der Waals surface area contributed by atoms with Gasteiger partial charge < -0.3 is 24.7 Å². The zero-order chi connectivity index (χ0) is 27.6. The second-order valence-corrected chi connectivity index (χ2v) is 10.1. The van der Waals surface area contributed by atoms with Crippen LogP contribution in [0.1, 0.15) is 25.3 Å². The Hall–Kier alpha value is -3.91. The summed E-state index contributed by atoms with van der Waals surface area (Å²) in [4.78, 5) is 17.3. The molecule has 4 rings (SSSR count). The summed E-state index contributed by atoms with van der Waals surface area (Å²) in [5, 5.41) is 6.85. The van der Waals surface area contributed by atoms with E-state index in [-0.39, 0.29) is 6.03 Å². The van der Waals surface area contributed by atoms with Crippen LogP contribution >= 0.6 is 11.8 Å². The molecule has 0 aliphatic carbocycles. The number of hydrogen-bond acceptors (Lipinski definition) is 5. The van der Waals surface area contributed by atoms with Gasteiger partial charge >= 0.3 is 6.03 Å². The molecule has 0 unspecified atom stereocenters. The summed E-state index contributed by atoms with van der Waals surface area (Å²) in [5.41, 5.74) is 6.03. The molecule has 1 heterocycles. The Balaban J connectivity index is 1.42. The summed E-state index contributed by atoms with van der Waals surface area (Å²) in [6.07, 6.45) is 1.85. The maximum Gasteiger partial charge on any atom is 0.319 e. The third kappa shape index (κ3) is 7.15. The largest absolute Gasteiger partial charge is 0.497 e. The van der Waals surface area contributed by atoms with Crippen molar-refractivity contribution in [3.05, 3.63) is 78.4 Å². The highest BCUT2D eigenvalue weighted by atomic mass is 32.2. The first-order chi connectivity index (χ1) is 19.0. The van der Waals surface area contributed by atoms with E-state index in [9.17, 15) is 4.79 Å². The Morgan fingerprint density at radius 3 is 2.15 bits per heavy atom. The SMILES string of the molecule is CCn1c(SCCCCNC(=O)Nc2ccccc2C)nc(-c2ccc(OC)cc2)c1-c1ccc(OC)cc1. The number of urea groups is 1. The molecule has 0 bridgehead atoms. The lowest BCUT2D eigenvalue weighted by Gasteiger charge is -2.12. The van der Waals surface area contributed by atoms with Crippen LogP contribution < -0.4 is 20.1 Å². The predicted octanol–water partition coefficient (Wildman–Crippen LogP) is 7.26. The molecule has 204 valence electrons. The summed E-state index contributed by atoms with van der Waals surface area (Å²) in [5.74, 6) is 2.54. The van der Waals surface area contributed by atoms with E-state index in [1.807, 2.05) is 55.5 Å². The Labute approximate surface area is 235 Å². The van der Waals surface area contributed by atoms with Gasteiger partial charge in [-0.25, -0.2) is 9.78 Å². The molecule has 0 saturated heterocycles. The number of ether oxygens (including phenoxy) is 2. The molecule has 0 radical (unpaired) electrons. The molecule has 0 spiro atoms. The van der Waals surface area contributed by atoms with E-state index in [4.69, 9.17) is 14.5 Å². The van der Waals surface area contributed by atoms with E-state index < -0.39 is 0 Å². The first kappa shape index (κ1) is 28.1. The number of rotatable bonds is 12. The third-order valence-corrected chi connectivity index (χ3v) is 7.52. The van der Waals surface area contributed by atoms with Crippen molar-refractivity contribution in [1.29, 1.82) is 0 Å². The number of carbonyl (C=O) groups excluding carboxylic acids is 1. The first-order valence-corrected chi connectivity index (χ1v) is 14.1. The molecule has 8 heteroatoms. The molecule has 0 atom stereocenters. The van der Waals surface area contributed by atoms with Gasteiger partial charge in [0.15, 0.2) is 5.16 Å². The summed E-state index contributed by atoms with van der Waals surface area (Å²) in [6.45, 7) is 5.54. The van der Waals surface area contributed by atoms with Crippen molar-refractivity contribution in [2.24, 2.45) is 0 Å². The molecule has 0 fully saturated rings. The maximum atomic E-state index is 12.2. The van der Waals surface area contributed by atoms with Crippen LogP contribution in [0.25, 0.3) is 22.5 Å². The van der Waals surface area contributed by atoms with Gasteiger partial charge in [0.25, 0.3) is 0 Å². The molecule has 7 nitrogen and oxygen atoms in total. The Bertz CT molecular complexity index is 1370. The van der Waals surface area contributed by atoms with E-state index in [1.54, 1.807) is 26.0 Å². The maximum absolute atomic E-state index is 12.2.